The van der Waals surface area contributed by atoms with Gasteiger partial charge in [0.25, 0.3) is 0 Å². The zero-order valence-electron chi connectivity index (χ0n) is 15.0. The molecule has 2 N–H and O–H groups in total. The molecule has 1 aliphatic rings. The van der Waals surface area contributed by atoms with Crippen LogP contribution in [0.3, 0.4) is 0 Å². The molecule has 134 valence electrons. The van der Waals surface area contributed by atoms with Gasteiger partial charge in [-0.2, -0.15) is 11.8 Å². The van der Waals surface area contributed by atoms with Crippen LogP contribution in [0.15, 0.2) is 24.3 Å². The van der Waals surface area contributed by atoms with E-state index in [-0.39, 0.29) is 18.0 Å². The van der Waals surface area contributed by atoms with Gasteiger partial charge in [0, 0.05) is 36.1 Å². The molecule has 2 rings (SSSR count). The minimum Gasteiger partial charge on any atom is -0.494 e. The molecule has 0 spiro atoms. The average Bonchev–Trinajstić information content (AvgIpc) is 2.55. The molecule has 2 unspecified atom stereocenters. The number of hydrogen-bond donors (Lipinski definition) is 2. The third kappa shape index (κ3) is 6.02. The lowest BCUT2D eigenvalue weighted by Gasteiger charge is -2.26. The molecule has 24 heavy (non-hydrogen) atoms. The molecule has 5 heteroatoms. The quantitative estimate of drug-likeness (QED) is 0.755. The van der Waals surface area contributed by atoms with Crippen LogP contribution in [-0.2, 0) is 4.79 Å². The monoisotopic (exact) mass is 350 g/mol. The molecule has 1 aromatic rings. The molecule has 0 saturated carbocycles. The second kappa shape index (κ2) is 9.94. The van der Waals surface area contributed by atoms with Crippen LogP contribution in [0.4, 0.5) is 0 Å². The van der Waals surface area contributed by atoms with Crippen molar-refractivity contribution in [1.82, 2.24) is 10.6 Å². The van der Waals surface area contributed by atoms with E-state index in [0.717, 1.165) is 35.8 Å². The summed E-state index contributed by atoms with van der Waals surface area (Å²) in [4.78, 5) is 12.5. The van der Waals surface area contributed by atoms with E-state index in [2.05, 4.69) is 30.5 Å². The molecule has 0 radical (unpaired) electrons. The minimum absolute atomic E-state index is 0.00325. The van der Waals surface area contributed by atoms with Crippen molar-refractivity contribution in [3.8, 4) is 5.75 Å². The number of carbonyl (C=O) groups excluding carboxylic acids is 1. The molecule has 1 saturated heterocycles. The zero-order valence-corrected chi connectivity index (χ0v) is 15.8. The Kier molecular flexibility index (Phi) is 7.92. The Balaban J connectivity index is 2.06. The summed E-state index contributed by atoms with van der Waals surface area (Å²) in [6.07, 6.45) is 1.45. The SMILES string of the molecule is CCOc1ccccc1C(CC(C)C)NC(=O)CC1CSCCN1. The Bertz CT molecular complexity index is 516. The van der Waals surface area contributed by atoms with Crippen molar-refractivity contribution in [1.29, 1.82) is 0 Å². The fourth-order valence-corrected chi connectivity index (χ4v) is 3.97. The molecule has 1 aliphatic heterocycles. The number of ether oxygens (including phenoxy) is 1. The molecular weight excluding hydrogens is 320 g/mol. The van der Waals surface area contributed by atoms with E-state index in [9.17, 15) is 4.79 Å². The fraction of sp³-hybridized carbons (Fsp3) is 0.632. The molecular formula is C19H30N2O2S. The van der Waals surface area contributed by atoms with Gasteiger partial charge in [0.15, 0.2) is 0 Å². The molecule has 1 heterocycles. The number of para-hydroxylation sites is 1. The van der Waals surface area contributed by atoms with E-state index in [1.54, 1.807) is 0 Å². The number of rotatable bonds is 8. The third-order valence-corrected chi connectivity index (χ3v) is 5.20. The van der Waals surface area contributed by atoms with Gasteiger partial charge < -0.3 is 15.4 Å². The summed E-state index contributed by atoms with van der Waals surface area (Å²) in [5.74, 6) is 3.63. The van der Waals surface area contributed by atoms with E-state index < -0.39 is 0 Å². The predicted molar refractivity (Wildman–Crippen MR) is 102 cm³/mol. The van der Waals surface area contributed by atoms with Crippen LogP contribution < -0.4 is 15.4 Å². The smallest absolute Gasteiger partial charge is 0.222 e. The Morgan fingerprint density at radius 2 is 2.21 bits per heavy atom. The van der Waals surface area contributed by atoms with Crippen molar-refractivity contribution in [3.63, 3.8) is 0 Å². The lowest BCUT2D eigenvalue weighted by Crippen LogP contribution is -2.42. The molecule has 0 aliphatic carbocycles. The summed E-state index contributed by atoms with van der Waals surface area (Å²) < 4.78 is 5.76. The highest BCUT2D eigenvalue weighted by Gasteiger charge is 2.22. The van der Waals surface area contributed by atoms with Crippen molar-refractivity contribution in [2.45, 2.75) is 45.7 Å². The molecule has 1 fully saturated rings. The Labute approximate surface area is 150 Å². The first-order chi connectivity index (χ1) is 11.6. The van der Waals surface area contributed by atoms with Crippen molar-refractivity contribution >= 4 is 17.7 Å². The Hall–Kier alpha value is -1.20. The van der Waals surface area contributed by atoms with Crippen LogP contribution in [0.1, 0.15) is 45.2 Å². The third-order valence-electron chi connectivity index (χ3n) is 4.07. The topological polar surface area (TPSA) is 50.4 Å². The molecule has 2 atom stereocenters. The van der Waals surface area contributed by atoms with Gasteiger partial charge in [-0.05, 0) is 25.3 Å². The Morgan fingerprint density at radius 3 is 2.88 bits per heavy atom. The van der Waals surface area contributed by atoms with Gasteiger partial charge in [-0.1, -0.05) is 32.0 Å². The highest BCUT2D eigenvalue weighted by Crippen LogP contribution is 2.29. The van der Waals surface area contributed by atoms with Crippen LogP contribution >= 0.6 is 11.8 Å². The molecule has 4 nitrogen and oxygen atoms in total. The molecule has 0 bridgehead atoms. The van der Waals surface area contributed by atoms with E-state index in [1.165, 1.54) is 0 Å². The van der Waals surface area contributed by atoms with Crippen LogP contribution in [-0.4, -0.2) is 36.6 Å². The van der Waals surface area contributed by atoms with Crippen molar-refractivity contribution in [3.05, 3.63) is 29.8 Å². The minimum atomic E-state index is -0.00325. The zero-order chi connectivity index (χ0) is 17.4. The van der Waals surface area contributed by atoms with Crippen molar-refractivity contribution in [2.75, 3.05) is 24.7 Å². The highest BCUT2D eigenvalue weighted by molar-refractivity contribution is 7.99. The van der Waals surface area contributed by atoms with Gasteiger partial charge in [-0.15, -0.1) is 0 Å². The van der Waals surface area contributed by atoms with Gasteiger partial charge in [0.2, 0.25) is 5.91 Å². The maximum atomic E-state index is 12.5. The summed E-state index contributed by atoms with van der Waals surface area (Å²) in [5, 5.41) is 6.67. The van der Waals surface area contributed by atoms with Crippen LogP contribution in [0.25, 0.3) is 0 Å². The summed E-state index contributed by atoms with van der Waals surface area (Å²) in [5.41, 5.74) is 1.08. The normalized spacial score (nSPS) is 19.1. The van der Waals surface area contributed by atoms with Gasteiger partial charge in [-0.3, -0.25) is 4.79 Å². The van der Waals surface area contributed by atoms with E-state index in [1.807, 2.05) is 36.9 Å². The Morgan fingerprint density at radius 1 is 1.42 bits per heavy atom. The number of amides is 1. The van der Waals surface area contributed by atoms with E-state index >= 15 is 0 Å². The number of hydrogen-bond acceptors (Lipinski definition) is 4. The summed E-state index contributed by atoms with van der Waals surface area (Å²) in [7, 11) is 0. The maximum Gasteiger partial charge on any atom is 0.222 e. The summed E-state index contributed by atoms with van der Waals surface area (Å²) in [6.45, 7) is 7.97. The first kappa shape index (κ1) is 19.1. The summed E-state index contributed by atoms with van der Waals surface area (Å²) in [6, 6.07) is 8.31. The fourth-order valence-electron chi connectivity index (χ4n) is 3.02. The van der Waals surface area contributed by atoms with E-state index in [0.29, 0.717) is 18.9 Å². The van der Waals surface area contributed by atoms with Crippen molar-refractivity contribution in [2.24, 2.45) is 5.92 Å². The largest absolute Gasteiger partial charge is 0.494 e. The lowest BCUT2D eigenvalue weighted by molar-refractivity contribution is -0.122. The molecule has 1 amide bonds. The van der Waals surface area contributed by atoms with Gasteiger partial charge in [0.1, 0.15) is 5.75 Å². The number of thioether (sulfide) groups is 1. The average molecular weight is 351 g/mol. The van der Waals surface area contributed by atoms with Crippen LogP contribution in [0.5, 0.6) is 5.75 Å². The number of nitrogens with one attached hydrogen (secondary N) is 2. The molecule has 0 aromatic heterocycles. The maximum absolute atomic E-state index is 12.5. The van der Waals surface area contributed by atoms with Gasteiger partial charge >= 0.3 is 0 Å². The second-order valence-corrected chi connectivity index (χ2v) is 7.80. The van der Waals surface area contributed by atoms with Crippen LogP contribution in [0.2, 0.25) is 0 Å². The number of benzene rings is 1. The summed E-state index contributed by atoms with van der Waals surface area (Å²) >= 11 is 1.92. The van der Waals surface area contributed by atoms with E-state index in [4.69, 9.17) is 4.74 Å². The van der Waals surface area contributed by atoms with Crippen LogP contribution in [0, 0.1) is 5.92 Å². The number of carbonyl (C=O) groups is 1. The second-order valence-electron chi connectivity index (χ2n) is 6.65. The highest BCUT2D eigenvalue weighted by atomic mass is 32.2. The molecule has 1 aromatic carbocycles. The first-order valence-corrected chi connectivity index (χ1v) is 10.1. The van der Waals surface area contributed by atoms with Crippen molar-refractivity contribution < 1.29 is 9.53 Å². The predicted octanol–water partition coefficient (Wildman–Crippen LogP) is 3.38. The van der Waals surface area contributed by atoms with Gasteiger partial charge in [-0.25, -0.2) is 0 Å². The standard InChI is InChI=1S/C19H30N2O2S/c1-4-23-18-8-6-5-7-16(18)17(11-14(2)3)21-19(22)12-15-13-24-10-9-20-15/h5-8,14-15,17,20H,4,9-13H2,1-3H3,(H,21,22). The first-order valence-electron chi connectivity index (χ1n) is 8.92. The lowest BCUT2D eigenvalue weighted by atomic mass is 9.96. The van der Waals surface area contributed by atoms with Gasteiger partial charge in [0.05, 0.1) is 12.6 Å².